The van der Waals surface area contributed by atoms with Gasteiger partial charge < -0.3 is 15.4 Å². The quantitative estimate of drug-likeness (QED) is 0.320. The smallest absolute Gasteiger partial charge is 0.353 e. The third kappa shape index (κ3) is 5.04. The number of nitro groups is 1. The van der Waals surface area contributed by atoms with Gasteiger partial charge in [-0.15, -0.1) is 0 Å². The van der Waals surface area contributed by atoms with E-state index in [0.717, 1.165) is 55.9 Å². The zero-order valence-electron chi connectivity index (χ0n) is 17.4. The number of anilines is 3. The molecule has 3 aromatic rings. The molecule has 0 spiro atoms. The predicted molar refractivity (Wildman–Crippen MR) is 119 cm³/mol. The number of rotatable bonds is 8. The second kappa shape index (κ2) is 9.63. The second-order valence-electron chi connectivity index (χ2n) is 7.37. The Morgan fingerprint density at radius 1 is 1.16 bits per heavy atom. The van der Waals surface area contributed by atoms with Crippen LogP contribution >= 0.6 is 0 Å². The van der Waals surface area contributed by atoms with Crippen molar-refractivity contribution < 1.29 is 9.66 Å². The average molecular weight is 423 g/mol. The monoisotopic (exact) mass is 423 g/mol. The highest BCUT2D eigenvalue weighted by atomic mass is 16.6. The lowest BCUT2D eigenvalue weighted by atomic mass is 10.1. The lowest BCUT2D eigenvalue weighted by Gasteiger charge is -2.26. The topological polar surface area (TPSA) is 118 Å². The molecule has 0 aliphatic carbocycles. The summed E-state index contributed by atoms with van der Waals surface area (Å²) < 4.78 is 5.35. The highest BCUT2D eigenvalue weighted by molar-refractivity contribution is 5.93. The van der Waals surface area contributed by atoms with Crippen LogP contribution in [-0.4, -0.2) is 64.2 Å². The molecule has 0 bridgehead atoms. The van der Waals surface area contributed by atoms with Gasteiger partial charge in [-0.1, -0.05) is 18.2 Å². The summed E-state index contributed by atoms with van der Waals surface area (Å²) in [6.45, 7) is 6.72. The van der Waals surface area contributed by atoms with Gasteiger partial charge in [0, 0.05) is 30.7 Å². The summed E-state index contributed by atoms with van der Waals surface area (Å²) in [4.78, 5) is 26.5. The largest absolute Gasteiger partial charge is 0.379 e. The van der Waals surface area contributed by atoms with Crippen LogP contribution < -0.4 is 10.6 Å². The molecular formula is C21H25N7O3. The Bertz CT molecular complexity index is 1070. The maximum Gasteiger partial charge on any atom is 0.353 e. The third-order valence-electron chi connectivity index (χ3n) is 5.16. The van der Waals surface area contributed by atoms with Crippen LogP contribution in [0, 0.1) is 17.0 Å². The minimum atomic E-state index is -0.462. The maximum atomic E-state index is 11.8. The Balaban J connectivity index is 1.51. The van der Waals surface area contributed by atoms with E-state index < -0.39 is 4.92 Å². The number of benzene rings is 1. The number of pyridine rings is 1. The van der Waals surface area contributed by atoms with Crippen molar-refractivity contribution in [3.8, 4) is 0 Å². The fourth-order valence-electron chi connectivity index (χ4n) is 3.58. The Labute approximate surface area is 179 Å². The van der Waals surface area contributed by atoms with Gasteiger partial charge in [-0.05, 0) is 32.0 Å². The summed E-state index contributed by atoms with van der Waals surface area (Å²) in [5, 5.41) is 19.0. The van der Waals surface area contributed by atoms with Crippen molar-refractivity contribution in [2.45, 2.75) is 13.3 Å². The SMILES string of the molecule is Cc1ccc2cccc(Nc3ncnc(NCCCN4CCOCC4)c3[N+](=O)[O-])c2n1. The fourth-order valence-corrected chi connectivity index (χ4v) is 3.58. The Morgan fingerprint density at radius 2 is 1.97 bits per heavy atom. The van der Waals surface area contributed by atoms with Crippen molar-refractivity contribution in [1.29, 1.82) is 0 Å². The maximum absolute atomic E-state index is 11.8. The van der Waals surface area contributed by atoms with E-state index in [9.17, 15) is 10.1 Å². The lowest BCUT2D eigenvalue weighted by molar-refractivity contribution is -0.383. The van der Waals surface area contributed by atoms with Crippen LogP contribution in [0.1, 0.15) is 12.1 Å². The van der Waals surface area contributed by atoms with Gasteiger partial charge in [0.05, 0.1) is 29.3 Å². The predicted octanol–water partition coefficient (Wildman–Crippen LogP) is 3.12. The first kappa shape index (κ1) is 20.9. The van der Waals surface area contributed by atoms with E-state index in [0.29, 0.717) is 12.2 Å². The third-order valence-corrected chi connectivity index (χ3v) is 5.16. The van der Waals surface area contributed by atoms with Crippen molar-refractivity contribution in [1.82, 2.24) is 19.9 Å². The van der Waals surface area contributed by atoms with Gasteiger partial charge in [0.15, 0.2) is 0 Å². The highest BCUT2D eigenvalue weighted by Crippen LogP contribution is 2.33. The first-order valence-corrected chi connectivity index (χ1v) is 10.3. The molecule has 4 rings (SSSR count). The van der Waals surface area contributed by atoms with E-state index >= 15 is 0 Å². The van der Waals surface area contributed by atoms with Gasteiger partial charge in [0.1, 0.15) is 6.33 Å². The van der Waals surface area contributed by atoms with Gasteiger partial charge >= 0.3 is 5.69 Å². The van der Waals surface area contributed by atoms with Crippen molar-refractivity contribution in [3.05, 3.63) is 52.5 Å². The van der Waals surface area contributed by atoms with Crippen LogP contribution in [0.15, 0.2) is 36.7 Å². The number of ether oxygens (including phenoxy) is 1. The number of aryl methyl sites for hydroxylation is 1. The van der Waals surface area contributed by atoms with E-state index in [4.69, 9.17) is 4.74 Å². The molecule has 162 valence electrons. The number of nitrogens with zero attached hydrogens (tertiary/aromatic N) is 5. The molecule has 1 aromatic carbocycles. The average Bonchev–Trinajstić information content (AvgIpc) is 2.78. The first-order valence-electron chi connectivity index (χ1n) is 10.3. The van der Waals surface area contributed by atoms with Crippen molar-refractivity contribution in [2.75, 3.05) is 50.0 Å². The number of para-hydroxylation sites is 1. The van der Waals surface area contributed by atoms with E-state index in [2.05, 4.69) is 30.5 Å². The molecule has 2 N–H and O–H groups in total. The zero-order chi connectivity index (χ0) is 21.6. The minimum absolute atomic E-state index is 0.131. The Hall–Kier alpha value is -3.37. The van der Waals surface area contributed by atoms with Gasteiger partial charge in [0.25, 0.3) is 0 Å². The second-order valence-corrected chi connectivity index (χ2v) is 7.37. The molecule has 0 saturated carbocycles. The summed E-state index contributed by atoms with van der Waals surface area (Å²) in [6.07, 6.45) is 2.17. The molecular weight excluding hydrogens is 398 g/mol. The summed E-state index contributed by atoms with van der Waals surface area (Å²) in [5.41, 5.74) is 2.07. The molecule has 3 heterocycles. The summed E-state index contributed by atoms with van der Waals surface area (Å²) in [6, 6.07) is 9.55. The van der Waals surface area contributed by atoms with Crippen LogP contribution in [0.25, 0.3) is 10.9 Å². The fraction of sp³-hybridized carbons (Fsp3) is 0.381. The van der Waals surface area contributed by atoms with Crippen molar-refractivity contribution in [3.63, 3.8) is 0 Å². The van der Waals surface area contributed by atoms with Gasteiger partial charge in [-0.25, -0.2) is 9.97 Å². The van der Waals surface area contributed by atoms with Gasteiger partial charge in [0.2, 0.25) is 11.6 Å². The molecule has 1 saturated heterocycles. The number of aromatic nitrogens is 3. The van der Waals surface area contributed by atoms with E-state index in [1.54, 1.807) is 0 Å². The lowest BCUT2D eigenvalue weighted by Crippen LogP contribution is -2.37. The van der Waals surface area contributed by atoms with Gasteiger partial charge in [-0.2, -0.15) is 0 Å². The summed E-state index contributed by atoms with van der Waals surface area (Å²) in [7, 11) is 0. The minimum Gasteiger partial charge on any atom is -0.379 e. The molecule has 1 fully saturated rings. The molecule has 10 heteroatoms. The Morgan fingerprint density at radius 3 is 2.77 bits per heavy atom. The molecule has 31 heavy (non-hydrogen) atoms. The van der Waals surface area contributed by atoms with Crippen molar-refractivity contribution >= 4 is 33.9 Å². The van der Waals surface area contributed by atoms with Crippen LogP contribution in [0.2, 0.25) is 0 Å². The molecule has 0 amide bonds. The van der Waals surface area contributed by atoms with E-state index in [-0.39, 0.29) is 17.3 Å². The standard InChI is InChI=1S/C21H25N7O3/c1-15-6-7-16-4-2-5-17(18(16)25-15)26-21-19(28(29)30)20(23-14-24-21)22-8-3-9-27-10-12-31-13-11-27/h2,4-7,14H,3,8-13H2,1H3,(H2,22,23,24,26). The van der Waals surface area contributed by atoms with Crippen LogP contribution in [-0.2, 0) is 4.74 Å². The Kier molecular flexibility index (Phi) is 6.48. The molecule has 1 aliphatic rings. The number of fused-ring (bicyclic) bond motifs is 1. The zero-order valence-corrected chi connectivity index (χ0v) is 17.4. The number of nitrogens with one attached hydrogen (secondary N) is 2. The number of hydrogen-bond donors (Lipinski definition) is 2. The number of morpholine rings is 1. The first-order chi connectivity index (χ1) is 15.1. The van der Waals surface area contributed by atoms with Crippen LogP contribution in [0.3, 0.4) is 0 Å². The number of hydrogen-bond acceptors (Lipinski definition) is 9. The summed E-state index contributed by atoms with van der Waals surface area (Å²) >= 11 is 0. The summed E-state index contributed by atoms with van der Waals surface area (Å²) in [5.74, 6) is 0.334. The molecule has 10 nitrogen and oxygen atoms in total. The van der Waals surface area contributed by atoms with Crippen LogP contribution in [0.4, 0.5) is 23.0 Å². The molecule has 0 unspecified atom stereocenters. The van der Waals surface area contributed by atoms with E-state index in [1.807, 2.05) is 37.3 Å². The van der Waals surface area contributed by atoms with Gasteiger partial charge in [-0.3, -0.25) is 20.0 Å². The van der Waals surface area contributed by atoms with Crippen molar-refractivity contribution in [2.24, 2.45) is 0 Å². The van der Waals surface area contributed by atoms with Crippen LogP contribution in [0.5, 0.6) is 0 Å². The molecule has 0 atom stereocenters. The van der Waals surface area contributed by atoms with E-state index in [1.165, 1.54) is 6.33 Å². The molecule has 0 radical (unpaired) electrons. The highest BCUT2D eigenvalue weighted by Gasteiger charge is 2.23. The molecule has 2 aromatic heterocycles. The normalized spacial score (nSPS) is 14.5. The molecule has 1 aliphatic heterocycles.